The molecule has 5 atom stereocenters. The van der Waals surface area contributed by atoms with Gasteiger partial charge < -0.3 is 14.2 Å². The molecule has 228 valence electrons. The van der Waals surface area contributed by atoms with E-state index in [4.69, 9.17) is 14.2 Å². The molecule has 0 heterocycles. The minimum atomic E-state index is -0.881. The number of rotatable bonds is 17. The number of esters is 1. The van der Waals surface area contributed by atoms with E-state index in [2.05, 4.69) is 45.9 Å². The van der Waals surface area contributed by atoms with E-state index in [1.54, 1.807) is 31.2 Å². The van der Waals surface area contributed by atoms with Crippen molar-refractivity contribution in [1.29, 1.82) is 0 Å². The van der Waals surface area contributed by atoms with Crippen molar-refractivity contribution in [2.24, 2.45) is 17.3 Å². The Bertz CT molecular complexity index is 1020. The van der Waals surface area contributed by atoms with E-state index in [1.807, 2.05) is 19.9 Å². The molecule has 0 saturated heterocycles. The van der Waals surface area contributed by atoms with Gasteiger partial charge in [0.15, 0.2) is 6.10 Å². The van der Waals surface area contributed by atoms with Crippen molar-refractivity contribution in [1.82, 2.24) is 0 Å². The summed E-state index contributed by atoms with van der Waals surface area (Å²) in [6, 6.07) is 8.78. The van der Waals surface area contributed by atoms with Gasteiger partial charge in [-0.3, -0.25) is 9.59 Å². The Morgan fingerprint density at radius 3 is 2.27 bits per heavy atom. The lowest BCUT2D eigenvalue weighted by molar-refractivity contribution is -0.147. The van der Waals surface area contributed by atoms with Crippen LogP contribution in [-0.4, -0.2) is 36.2 Å². The molecule has 1 aliphatic carbocycles. The van der Waals surface area contributed by atoms with Crippen LogP contribution in [0.3, 0.4) is 0 Å². The van der Waals surface area contributed by atoms with Crippen molar-refractivity contribution in [2.75, 3.05) is 0 Å². The number of ether oxygens (including phenoxy) is 3. The van der Waals surface area contributed by atoms with Crippen molar-refractivity contribution in [2.45, 2.75) is 125 Å². The lowest BCUT2D eigenvalue weighted by atomic mass is 9.77. The van der Waals surface area contributed by atoms with E-state index < -0.39 is 24.3 Å². The Hall–Kier alpha value is -2.89. The molecule has 2 rings (SSSR count). The molecule has 0 radical (unpaired) electrons. The summed E-state index contributed by atoms with van der Waals surface area (Å²) in [5, 5.41) is 0. The SMILES string of the molecule is CCCCCCCC(CCC(=O)OC(C)C(=O)c1ccccc1)OC(=O)OC(C)C(C)/C=C/C1CC=C(C)C1(C)C. The second-order valence-electron chi connectivity index (χ2n) is 12.1. The van der Waals surface area contributed by atoms with E-state index in [0.717, 1.165) is 32.1 Å². The van der Waals surface area contributed by atoms with Crippen LogP contribution in [0.25, 0.3) is 0 Å². The Balaban J connectivity index is 1.87. The fourth-order valence-electron chi connectivity index (χ4n) is 5.03. The molecule has 0 aliphatic heterocycles. The number of Topliss-reactive ketones (excluding diaryl/α,β-unsaturated/α-hetero) is 1. The lowest BCUT2D eigenvalue weighted by Gasteiger charge is -2.28. The molecular weight excluding hydrogens is 516 g/mol. The van der Waals surface area contributed by atoms with Crippen molar-refractivity contribution in [3.05, 3.63) is 59.7 Å². The van der Waals surface area contributed by atoms with Crippen LogP contribution in [0, 0.1) is 17.3 Å². The van der Waals surface area contributed by atoms with Crippen LogP contribution >= 0.6 is 0 Å². The molecule has 5 unspecified atom stereocenters. The van der Waals surface area contributed by atoms with Crippen LogP contribution in [0.5, 0.6) is 0 Å². The van der Waals surface area contributed by atoms with E-state index in [9.17, 15) is 14.4 Å². The first kappa shape index (κ1) is 34.3. The van der Waals surface area contributed by atoms with Gasteiger partial charge in [0.05, 0.1) is 0 Å². The van der Waals surface area contributed by atoms with Crippen LogP contribution in [-0.2, 0) is 19.0 Å². The Kier molecular flexibility index (Phi) is 14.4. The van der Waals surface area contributed by atoms with E-state index in [1.165, 1.54) is 12.0 Å². The largest absolute Gasteiger partial charge is 0.508 e. The lowest BCUT2D eigenvalue weighted by Crippen LogP contribution is -2.27. The van der Waals surface area contributed by atoms with Gasteiger partial charge in [0.25, 0.3) is 0 Å². The average Bonchev–Trinajstić information content (AvgIpc) is 3.20. The standard InChI is InChI=1S/C35H52O6/c1-8-9-10-11-15-18-31(23-24-32(36)39-28(5)33(37)29-16-13-12-14-17-29)41-34(38)40-27(4)25(2)19-21-30-22-20-26(3)35(30,6)7/h12-14,16-17,19-21,25,27-28,30-31H,8-11,15,18,22-24H2,1-7H3/b21-19+. The molecule has 0 bridgehead atoms. The molecule has 0 amide bonds. The molecule has 0 spiro atoms. The van der Waals surface area contributed by atoms with Crippen molar-refractivity contribution >= 4 is 17.9 Å². The highest BCUT2D eigenvalue weighted by atomic mass is 16.7. The normalized spacial score (nSPS) is 19.2. The number of ketones is 1. The zero-order valence-corrected chi connectivity index (χ0v) is 26.3. The van der Waals surface area contributed by atoms with Gasteiger partial charge in [0.1, 0.15) is 12.2 Å². The zero-order chi connectivity index (χ0) is 30.4. The maximum absolute atomic E-state index is 12.7. The molecule has 0 N–H and O–H groups in total. The molecule has 1 aromatic rings. The van der Waals surface area contributed by atoms with Gasteiger partial charge in [0, 0.05) is 17.9 Å². The van der Waals surface area contributed by atoms with Crippen LogP contribution in [0.4, 0.5) is 4.79 Å². The Labute approximate surface area is 247 Å². The van der Waals surface area contributed by atoms with Crippen LogP contribution in [0.2, 0.25) is 0 Å². The molecule has 1 aromatic carbocycles. The third kappa shape index (κ3) is 11.5. The van der Waals surface area contributed by atoms with Crippen molar-refractivity contribution in [3.8, 4) is 0 Å². The van der Waals surface area contributed by atoms with Crippen LogP contribution in [0.1, 0.15) is 117 Å². The highest BCUT2D eigenvalue weighted by Gasteiger charge is 2.33. The minimum Gasteiger partial charge on any atom is -0.454 e. The fourth-order valence-corrected chi connectivity index (χ4v) is 5.03. The number of hydrogen-bond donors (Lipinski definition) is 0. The molecule has 6 heteroatoms. The number of allylic oxidation sites excluding steroid dienone is 3. The number of unbranched alkanes of at least 4 members (excludes halogenated alkanes) is 4. The zero-order valence-electron chi connectivity index (χ0n) is 26.3. The van der Waals surface area contributed by atoms with Gasteiger partial charge in [-0.2, -0.15) is 0 Å². The molecule has 0 fully saturated rings. The first-order chi connectivity index (χ1) is 19.4. The third-order valence-electron chi connectivity index (χ3n) is 8.59. The van der Waals surface area contributed by atoms with E-state index >= 15 is 0 Å². The predicted molar refractivity (Wildman–Crippen MR) is 164 cm³/mol. The maximum atomic E-state index is 12.7. The second-order valence-corrected chi connectivity index (χ2v) is 12.1. The second kappa shape index (κ2) is 17.2. The maximum Gasteiger partial charge on any atom is 0.508 e. The summed E-state index contributed by atoms with van der Waals surface area (Å²) in [5.41, 5.74) is 2.05. The summed E-state index contributed by atoms with van der Waals surface area (Å²) in [7, 11) is 0. The van der Waals surface area contributed by atoms with Gasteiger partial charge in [-0.25, -0.2) is 4.79 Å². The molecule has 41 heavy (non-hydrogen) atoms. The van der Waals surface area contributed by atoms with Gasteiger partial charge in [-0.15, -0.1) is 0 Å². The van der Waals surface area contributed by atoms with E-state index in [0.29, 0.717) is 24.3 Å². The molecule has 0 aromatic heterocycles. The number of benzene rings is 1. The van der Waals surface area contributed by atoms with Crippen LogP contribution < -0.4 is 0 Å². The summed E-state index contributed by atoms with van der Waals surface area (Å²) in [6.45, 7) is 14.4. The summed E-state index contributed by atoms with van der Waals surface area (Å²) in [6.07, 6.45) is 11.7. The van der Waals surface area contributed by atoms with Crippen LogP contribution in [0.15, 0.2) is 54.1 Å². The number of carbonyl (C=O) groups excluding carboxylic acids is 3. The first-order valence-electron chi connectivity index (χ1n) is 15.5. The van der Waals surface area contributed by atoms with Crippen molar-refractivity contribution in [3.63, 3.8) is 0 Å². The van der Waals surface area contributed by atoms with Gasteiger partial charge in [-0.1, -0.05) is 108 Å². The third-order valence-corrected chi connectivity index (χ3v) is 8.59. The summed E-state index contributed by atoms with van der Waals surface area (Å²) >= 11 is 0. The van der Waals surface area contributed by atoms with E-state index in [-0.39, 0.29) is 29.6 Å². The quantitative estimate of drug-likeness (QED) is 0.0807. The molecule has 1 aliphatic rings. The highest BCUT2D eigenvalue weighted by Crippen LogP contribution is 2.43. The minimum absolute atomic E-state index is 0.0327. The average molecular weight is 569 g/mol. The molecule has 6 nitrogen and oxygen atoms in total. The highest BCUT2D eigenvalue weighted by molar-refractivity contribution is 6.00. The number of hydrogen-bond acceptors (Lipinski definition) is 6. The number of carbonyl (C=O) groups is 3. The Morgan fingerprint density at radius 1 is 0.951 bits per heavy atom. The summed E-state index contributed by atoms with van der Waals surface area (Å²) in [5.74, 6) is -0.259. The predicted octanol–water partition coefficient (Wildman–Crippen LogP) is 9.04. The van der Waals surface area contributed by atoms with Gasteiger partial charge in [0.2, 0.25) is 5.78 Å². The summed E-state index contributed by atoms with van der Waals surface area (Å²) < 4.78 is 16.7. The summed E-state index contributed by atoms with van der Waals surface area (Å²) in [4.78, 5) is 37.8. The van der Waals surface area contributed by atoms with Gasteiger partial charge >= 0.3 is 12.1 Å². The molecular formula is C35H52O6. The first-order valence-corrected chi connectivity index (χ1v) is 15.5. The Morgan fingerprint density at radius 2 is 1.63 bits per heavy atom. The van der Waals surface area contributed by atoms with Crippen molar-refractivity contribution < 1.29 is 28.6 Å². The monoisotopic (exact) mass is 568 g/mol. The smallest absolute Gasteiger partial charge is 0.454 e. The molecule has 0 saturated carbocycles. The fraction of sp³-hybridized carbons (Fsp3) is 0.629. The van der Waals surface area contributed by atoms with Gasteiger partial charge in [-0.05, 0) is 57.8 Å². The topological polar surface area (TPSA) is 78.9 Å².